The number of nitrogens with two attached hydrogens (primary N) is 1. The summed E-state index contributed by atoms with van der Waals surface area (Å²) in [4.78, 5) is 4.09. The van der Waals surface area contributed by atoms with Crippen molar-refractivity contribution in [3.63, 3.8) is 0 Å². The van der Waals surface area contributed by atoms with Crippen LogP contribution in [0.4, 0.5) is 0 Å². The van der Waals surface area contributed by atoms with E-state index in [-0.39, 0.29) is 13.2 Å². The maximum absolute atomic E-state index is 8.62. The summed E-state index contributed by atoms with van der Waals surface area (Å²) in [6, 6.07) is 3.84. The Hall–Kier alpha value is -1.13. The van der Waals surface area contributed by atoms with E-state index in [0.29, 0.717) is 12.4 Å². The molecule has 0 radical (unpaired) electrons. The zero-order valence-electron chi connectivity index (χ0n) is 8.15. The third kappa shape index (κ3) is 3.32. The predicted molar refractivity (Wildman–Crippen MR) is 54.2 cm³/mol. The van der Waals surface area contributed by atoms with E-state index in [2.05, 4.69) is 4.98 Å². The molecular formula is C10H16N2O2. The Bertz CT molecular complexity index is 239. The normalized spacial score (nSPS) is 10.1. The molecule has 0 aliphatic carbocycles. The fourth-order valence-corrected chi connectivity index (χ4v) is 1.18. The number of aromatic nitrogens is 1. The van der Waals surface area contributed by atoms with Gasteiger partial charge in [-0.25, -0.2) is 4.98 Å². The van der Waals surface area contributed by atoms with E-state index in [4.69, 9.17) is 15.6 Å². The van der Waals surface area contributed by atoms with Crippen molar-refractivity contribution >= 4 is 0 Å². The van der Waals surface area contributed by atoms with Gasteiger partial charge in [-0.3, -0.25) is 0 Å². The second-order valence-electron chi connectivity index (χ2n) is 2.93. The molecule has 0 bridgehead atoms. The van der Waals surface area contributed by atoms with Crippen molar-refractivity contribution in [2.45, 2.75) is 12.8 Å². The summed E-state index contributed by atoms with van der Waals surface area (Å²) in [7, 11) is 0. The molecule has 4 heteroatoms. The van der Waals surface area contributed by atoms with Gasteiger partial charge in [-0.05, 0) is 25.5 Å². The van der Waals surface area contributed by atoms with E-state index in [1.807, 2.05) is 12.1 Å². The van der Waals surface area contributed by atoms with Crippen molar-refractivity contribution in [3.8, 4) is 5.88 Å². The molecule has 3 N–H and O–H groups in total. The third-order valence-electron chi connectivity index (χ3n) is 1.83. The molecule has 1 aromatic heterocycles. The maximum atomic E-state index is 8.62. The van der Waals surface area contributed by atoms with E-state index in [1.165, 1.54) is 0 Å². The van der Waals surface area contributed by atoms with Crippen LogP contribution in [0, 0.1) is 0 Å². The summed E-state index contributed by atoms with van der Waals surface area (Å²) in [5.74, 6) is 0.606. The van der Waals surface area contributed by atoms with Gasteiger partial charge in [0.05, 0.1) is 6.61 Å². The van der Waals surface area contributed by atoms with Crippen LogP contribution in [0.1, 0.15) is 12.0 Å². The van der Waals surface area contributed by atoms with Crippen LogP contribution in [-0.4, -0.2) is 29.8 Å². The maximum Gasteiger partial charge on any atom is 0.216 e. The van der Waals surface area contributed by atoms with Gasteiger partial charge in [0, 0.05) is 11.8 Å². The molecule has 0 saturated heterocycles. The summed E-state index contributed by atoms with van der Waals surface area (Å²) in [5, 5.41) is 8.62. The van der Waals surface area contributed by atoms with E-state index in [0.717, 1.165) is 18.4 Å². The number of ether oxygens (including phenoxy) is 1. The van der Waals surface area contributed by atoms with Crippen LogP contribution in [0.15, 0.2) is 18.3 Å². The smallest absolute Gasteiger partial charge is 0.216 e. The molecule has 0 aliphatic rings. The van der Waals surface area contributed by atoms with Crippen LogP contribution in [0.25, 0.3) is 0 Å². The Labute approximate surface area is 83.7 Å². The number of aryl methyl sites for hydroxylation is 1. The second-order valence-corrected chi connectivity index (χ2v) is 2.93. The average Bonchev–Trinajstić information content (AvgIpc) is 2.24. The Balaban J connectivity index is 2.60. The Morgan fingerprint density at radius 3 is 3.07 bits per heavy atom. The van der Waals surface area contributed by atoms with Crippen molar-refractivity contribution in [1.82, 2.24) is 4.98 Å². The molecule has 1 rings (SSSR count). The monoisotopic (exact) mass is 196 g/mol. The largest absolute Gasteiger partial charge is 0.475 e. The Morgan fingerprint density at radius 2 is 2.36 bits per heavy atom. The van der Waals surface area contributed by atoms with Gasteiger partial charge < -0.3 is 15.6 Å². The van der Waals surface area contributed by atoms with Crippen molar-refractivity contribution in [2.24, 2.45) is 5.73 Å². The summed E-state index contributed by atoms with van der Waals surface area (Å²) in [6.45, 7) is 0.952. The van der Waals surface area contributed by atoms with Crippen LogP contribution in [-0.2, 0) is 6.42 Å². The molecule has 14 heavy (non-hydrogen) atoms. The van der Waals surface area contributed by atoms with Gasteiger partial charge in [0.2, 0.25) is 5.88 Å². The molecule has 0 unspecified atom stereocenters. The highest BCUT2D eigenvalue weighted by molar-refractivity contribution is 5.25. The highest BCUT2D eigenvalue weighted by Crippen LogP contribution is 2.15. The standard InChI is InChI=1S/C10H16N2O2/c11-5-1-3-9-4-2-6-12-10(9)14-8-7-13/h2,4,6,13H,1,3,5,7-8,11H2. The Kier molecular flexibility index (Phi) is 4.96. The highest BCUT2D eigenvalue weighted by Gasteiger charge is 2.03. The molecule has 78 valence electrons. The molecule has 4 nitrogen and oxygen atoms in total. The van der Waals surface area contributed by atoms with Gasteiger partial charge in [-0.15, -0.1) is 0 Å². The number of hydrogen-bond acceptors (Lipinski definition) is 4. The first-order valence-electron chi connectivity index (χ1n) is 4.76. The molecule has 0 atom stereocenters. The average molecular weight is 196 g/mol. The topological polar surface area (TPSA) is 68.4 Å². The first-order chi connectivity index (χ1) is 6.88. The zero-order valence-corrected chi connectivity index (χ0v) is 8.15. The lowest BCUT2D eigenvalue weighted by Gasteiger charge is -2.08. The minimum Gasteiger partial charge on any atom is -0.475 e. The third-order valence-corrected chi connectivity index (χ3v) is 1.83. The second kappa shape index (κ2) is 6.34. The molecule has 0 aliphatic heterocycles. The molecule has 0 spiro atoms. The number of rotatable bonds is 6. The lowest BCUT2D eigenvalue weighted by atomic mass is 10.1. The Morgan fingerprint density at radius 1 is 1.50 bits per heavy atom. The van der Waals surface area contributed by atoms with E-state index in [9.17, 15) is 0 Å². The minimum absolute atomic E-state index is 0.00685. The summed E-state index contributed by atoms with van der Waals surface area (Å²) < 4.78 is 5.28. The van der Waals surface area contributed by atoms with Crippen molar-refractivity contribution < 1.29 is 9.84 Å². The van der Waals surface area contributed by atoms with Crippen LogP contribution in [0.2, 0.25) is 0 Å². The molecule has 0 aromatic carbocycles. The lowest BCUT2D eigenvalue weighted by molar-refractivity contribution is 0.195. The zero-order chi connectivity index (χ0) is 10.2. The van der Waals surface area contributed by atoms with Crippen molar-refractivity contribution in [3.05, 3.63) is 23.9 Å². The number of nitrogens with zero attached hydrogens (tertiary/aromatic N) is 1. The van der Waals surface area contributed by atoms with Crippen LogP contribution in [0.3, 0.4) is 0 Å². The van der Waals surface area contributed by atoms with E-state index >= 15 is 0 Å². The summed E-state index contributed by atoms with van der Waals surface area (Å²) in [5.41, 5.74) is 6.47. The van der Waals surface area contributed by atoms with Gasteiger partial charge in [0.1, 0.15) is 6.61 Å². The predicted octanol–water partition coefficient (Wildman–Crippen LogP) is 0.344. The first kappa shape index (κ1) is 10.9. The first-order valence-corrected chi connectivity index (χ1v) is 4.76. The number of hydrogen-bond donors (Lipinski definition) is 2. The van der Waals surface area contributed by atoms with Crippen LogP contribution < -0.4 is 10.5 Å². The number of aliphatic hydroxyl groups excluding tert-OH is 1. The molecule has 1 aromatic rings. The molecular weight excluding hydrogens is 180 g/mol. The fourth-order valence-electron chi connectivity index (χ4n) is 1.18. The van der Waals surface area contributed by atoms with Gasteiger partial charge >= 0.3 is 0 Å². The molecule has 0 saturated carbocycles. The SMILES string of the molecule is NCCCc1cccnc1OCCO. The minimum atomic E-state index is 0.00685. The van der Waals surface area contributed by atoms with Gasteiger partial charge in [-0.2, -0.15) is 0 Å². The fraction of sp³-hybridized carbons (Fsp3) is 0.500. The van der Waals surface area contributed by atoms with Crippen molar-refractivity contribution in [2.75, 3.05) is 19.8 Å². The lowest BCUT2D eigenvalue weighted by Crippen LogP contribution is -2.07. The van der Waals surface area contributed by atoms with Gasteiger partial charge in [-0.1, -0.05) is 6.07 Å². The van der Waals surface area contributed by atoms with Crippen molar-refractivity contribution in [1.29, 1.82) is 0 Å². The van der Waals surface area contributed by atoms with E-state index in [1.54, 1.807) is 6.20 Å². The summed E-state index contributed by atoms with van der Waals surface area (Å²) in [6.07, 6.45) is 3.46. The molecule has 0 amide bonds. The number of pyridine rings is 1. The van der Waals surface area contributed by atoms with Gasteiger partial charge in [0.25, 0.3) is 0 Å². The van der Waals surface area contributed by atoms with Gasteiger partial charge in [0.15, 0.2) is 0 Å². The molecule has 0 fully saturated rings. The van der Waals surface area contributed by atoms with E-state index < -0.39 is 0 Å². The quantitative estimate of drug-likeness (QED) is 0.688. The van der Waals surface area contributed by atoms with Crippen LogP contribution in [0.5, 0.6) is 5.88 Å². The highest BCUT2D eigenvalue weighted by atomic mass is 16.5. The number of aliphatic hydroxyl groups is 1. The summed E-state index contributed by atoms with van der Waals surface area (Å²) >= 11 is 0. The van der Waals surface area contributed by atoms with Crippen LogP contribution >= 0.6 is 0 Å². The molecule has 1 heterocycles.